The van der Waals surface area contributed by atoms with E-state index in [1.54, 1.807) is 13.4 Å². The van der Waals surface area contributed by atoms with E-state index in [2.05, 4.69) is 32.1 Å². The Morgan fingerprint density at radius 2 is 1.87 bits per heavy atom. The van der Waals surface area contributed by atoms with Crippen LogP contribution in [0.4, 0.5) is 11.6 Å². The number of pyridine rings is 1. The first-order chi connectivity index (χ1) is 15.2. The van der Waals surface area contributed by atoms with Gasteiger partial charge in [0, 0.05) is 25.0 Å². The molecule has 0 radical (unpaired) electrons. The van der Waals surface area contributed by atoms with Crippen molar-refractivity contribution < 1.29 is 4.74 Å². The quantitative estimate of drug-likeness (QED) is 0.494. The zero-order valence-electron chi connectivity index (χ0n) is 17.5. The van der Waals surface area contributed by atoms with Crippen molar-refractivity contribution in [2.75, 3.05) is 18.6 Å². The molecule has 0 unspecified atom stereocenters. The second-order valence-corrected chi connectivity index (χ2v) is 7.35. The maximum absolute atomic E-state index is 5.50. The fourth-order valence-corrected chi connectivity index (χ4v) is 3.70. The van der Waals surface area contributed by atoms with Gasteiger partial charge in [0.05, 0.1) is 24.8 Å². The van der Waals surface area contributed by atoms with Gasteiger partial charge in [0.15, 0.2) is 5.82 Å². The Morgan fingerprint density at radius 1 is 1.00 bits per heavy atom. The Balaban J connectivity index is 1.41. The predicted molar refractivity (Wildman–Crippen MR) is 120 cm³/mol. The van der Waals surface area contributed by atoms with E-state index in [9.17, 15) is 0 Å². The SMILES string of the molecule is COc1nc(C=Cc2nc3n(n2)CCCN3c2ccccc2)ccc1-n1cnc(C)c1. The molecule has 8 nitrogen and oxygen atoms in total. The molecule has 156 valence electrons. The van der Waals surface area contributed by atoms with Gasteiger partial charge in [0.2, 0.25) is 11.8 Å². The summed E-state index contributed by atoms with van der Waals surface area (Å²) in [4.78, 5) is 15.8. The topological polar surface area (TPSA) is 73.9 Å². The summed E-state index contributed by atoms with van der Waals surface area (Å²) in [7, 11) is 1.62. The summed E-state index contributed by atoms with van der Waals surface area (Å²) < 4.78 is 9.36. The summed E-state index contributed by atoms with van der Waals surface area (Å²) in [5.74, 6) is 2.06. The predicted octanol–water partition coefficient (Wildman–Crippen LogP) is 3.89. The Morgan fingerprint density at radius 3 is 2.65 bits per heavy atom. The van der Waals surface area contributed by atoms with Gasteiger partial charge in [-0.3, -0.25) is 0 Å². The maximum Gasteiger partial charge on any atom is 0.238 e. The van der Waals surface area contributed by atoms with Crippen LogP contribution in [0.5, 0.6) is 5.88 Å². The number of hydrogen-bond acceptors (Lipinski definition) is 6. The van der Waals surface area contributed by atoms with Gasteiger partial charge in [-0.15, -0.1) is 5.10 Å². The van der Waals surface area contributed by atoms with Gasteiger partial charge >= 0.3 is 0 Å². The zero-order chi connectivity index (χ0) is 21.2. The van der Waals surface area contributed by atoms with E-state index < -0.39 is 0 Å². The minimum absolute atomic E-state index is 0.534. The summed E-state index contributed by atoms with van der Waals surface area (Å²) in [6.07, 6.45) is 8.51. The first kappa shape index (κ1) is 19.0. The molecule has 4 heterocycles. The smallest absolute Gasteiger partial charge is 0.238 e. The molecule has 0 aliphatic carbocycles. The Bertz CT molecular complexity index is 1230. The normalized spacial score (nSPS) is 13.5. The minimum Gasteiger partial charge on any atom is -0.479 e. The number of aryl methyl sites for hydroxylation is 2. The third-order valence-corrected chi connectivity index (χ3v) is 5.18. The summed E-state index contributed by atoms with van der Waals surface area (Å²) in [6.45, 7) is 3.74. The lowest BCUT2D eigenvalue weighted by Gasteiger charge is -2.27. The highest BCUT2D eigenvalue weighted by Gasteiger charge is 2.21. The van der Waals surface area contributed by atoms with Gasteiger partial charge in [-0.05, 0) is 49.8 Å². The first-order valence-corrected chi connectivity index (χ1v) is 10.2. The molecule has 0 atom stereocenters. The van der Waals surface area contributed by atoms with Crippen LogP contribution >= 0.6 is 0 Å². The lowest BCUT2D eigenvalue weighted by molar-refractivity contribution is 0.395. The summed E-state index contributed by atoms with van der Waals surface area (Å²) >= 11 is 0. The van der Waals surface area contributed by atoms with Crippen LogP contribution in [0, 0.1) is 6.92 Å². The third kappa shape index (κ3) is 3.79. The van der Waals surface area contributed by atoms with E-state index >= 15 is 0 Å². The van der Waals surface area contributed by atoms with Crippen molar-refractivity contribution in [3.05, 3.63) is 72.2 Å². The average molecular weight is 413 g/mol. The fourth-order valence-electron chi connectivity index (χ4n) is 3.70. The highest BCUT2D eigenvalue weighted by Crippen LogP contribution is 2.28. The monoisotopic (exact) mass is 413 g/mol. The van der Waals surface area contributed by atoms with Crippen molar-refractivity contribution in [3.8, 4) is 11.6 Å². The van der Waals surface area contributed by atoms with Crippen LogP contribution in [-0.2, 0) is 6.54 Å². The molecule has 0 saturated carbocycles. The standard InChI is InChI=1S/C23H23N7O/c1-17-15-28(16-24-17)20-11-9-18(25-22(20)31-2)10-12-21-26-23-29(13-6-14-30(23)27-21)19-7-4-3-5-8-19/h3-5,7-12,15-16H,6,13-14H2,1-2H3. The van der Waals surface area contributed by atoms with Crippen LogP contribution in [0.1, 0.15) is 23.6 Å². The number of methoxy groups -OCH3 is 1. The number of nitrogens with zero attached hydrogens (tertiary/aromatic N) is 7. The Kier molecular flexibility index (Phi) is 4.95. The van der Waals surface area contributed by atoms with Crippen LogP contribution in [0.3, 0.4) is 0 Å². The zero-order valence-corrected chi connectivity index (χ0v) is 17.5. The summed E-state index contributed by atoms with van der Waals surface area (Å²) in [6, 6.07) is 14.2. The molecule has 0 fully saturated rings. The minimum atomic E-state index is 0.534. The Hall–Kier alpha value is -3.94. The van der Waals surface area contributed by atoms with Crippen LogP contribution in [0.15, 0.2) is 55.0 Å². The molecule has 0 bridgehead atoms. The van der Waals surface area contributed by atoms with E-state index in [0.717, 1.165) is 48.2 Å². The second-order valence-electron chi connectivity index (χ2n) is 7.35. The van der Waals surface area contributed by atoms with Gasteiger partial charge in [-0.1, -0.05) is 18.2 Å². The molecule has 4 aromatic rings. The van der Waals surface area contributed by atoms with Crippen molar-refractivity contribution in [1.82, 2.24) is 29.3 Å². The lowest BCUT2D eigenvalue weighted by Crippen LogP contribution is -2.28. The molecule has 0 spiro atoms. The van der Waals surface area contributed by atoms with Crippen LogP contribution in [-0.4, -0.2) is 43.0 Å². The number of hydrogen-bond donors (Lipinski definition) is 0. The van der Waals surface area contributed by atoms with Crippen LogP contribution in [0.2, 0.25) is 0 Å². The number of rotatable bonds is 5. The number of anilines is 2. The molecule has 0 amide bonds. The maximum atomic E-state index is 5.50. The third-order valence-electron chi connectivity index (χ3n) is 5.18. The largest absolute Gasteiger partial charge is 0.479 e. The summed E-state index contributed by atoms with van der Waals surface area (Å²) in [5, 5.41) is 4.66. The van der Waals surface area contributed by atoms with Crippen molar-refractivity contribution in [2.45, 2.75) is 19.9 Å². The molecule has 0 saturated heterocycles. The molecule has 8 heteroatoms. The molecule has 5 rings (SSSR count). The molecule has 1 aromatic carbocycles. The average Bonchev–Trinajstić information content (AvgIpc) is 3.43. The van der Waals surface area contributed by atoms with E-state index in [4.69, 9.17) is 9.72 Å². The Labute approximate surface area is 180 Å². The van der Waals surface area contributed by atoms with Crippen molar-refractivity contribution in [1.29, 1.82) is 0 Å². The molecule has 31 heavy (non-hydrogen) atoms. The molecule has 0 N–H and O–H groups in total. The van der Waals surface area contributed by atoms with Gasteiger partial charge in [-0.2, -0.15) is 4.98 Å². The number of aromatic nitrogens is 6. The van der Waals surface area contributed by atoms with Crippen molar-refractivity contribution in [3.63, 3.8) is 0 Å². The van der Waals surface area contributed by atoms with E-state index in [1.807, 2.05) is 64.9 Å². The summed E-state index contributed by atoms with van der Waals surface area (Å²) in [5.41, 5.74) is 3.67. The molecular formula is C23H23N7O. The number of fused-ring (bicyclic) bond motifs is 1. The van der Waals surface area contributed by atoms with E-state index in [-0.39, 0.29) is 0 Å². The number of ether oxygens (including phenoxy) is 1. The van der Waals surface area contributed by atoms with Crippen molar-refractivity contribution in [2.24, 2.45) is 0 Å². The fraction of sp³-hybridized carbons (Fsp3) is 0.217. The van der Waals surface area contributed by atoms with Crippen molar-refractivity contribution >= 4 is 23.8 Å². The highest BCUT2D eigenvalue weighted by atomic mass is 16.5. The van der Waals surface area contributed by atoms with Gasteiger partial charge in [0.1, 0.15) is 5.69 Å². The lowest BCUT2D eigenvalue weighted by atomic mass is 10.2. The number of benzene rings is 1. The van der Waals surface area contributed by atoms with E-state index in [0.29, 0.717) is 11.7 Å². The van der Waals surface area contributed by atoms with Gasteiger partial charge in [0.25, 0.3) is 0 Å². The number of para-hydroxylation sites is 1. The first-order valence-electron chi connectivity index (χ1n) is 10.2. The number of imidazole rings is 1. The van der Waals surface area contributed by atoms with Gasteiger partial charge < -0.3 is 14.2 Å². The van der Waals surface area contributed by atoms with Crippen LogP contribution in [0.25, 0.3) is 17.8 Å². The molecule has 1 aliphatic heterocycles. The molecular weight excluding hydrogens is 390 g/mol. The van der Waals surface area contributed by atoms with E-state index in [1.165, 1.54) is 0 Å². The van der Waals surface area contributed by atoms with Crippen LogP contribution < -0.4 is 9.64 Å². The second kappa shape index (κ2) is 8.06. The highest BCUT2D eigenvalue weighted by molar-refractivity contribution is 5.67. The molecule has 1 aliphatic rings. The molecule has 3 aromatic heterocycles. The van der Waals surface area contributed by atoms with Gasteiger partial charge in [-0.25, -0.2) is 14.6 Å².